The Hall–Kier alpha value is -2.41. The van der Waals surface area contributed by atoms with Gasteiger partial charge in [0.05, 0.1) is 6.61 Å². The van der Waals surface area contributed by atoms with E-state index in [2.05, 4.69) is 30.7 Å². The number of aliphatic imine (C=N–C) groups is 1. The quantitative estimate of drug-likeness (QED) is 0.245. The van der Waals surface area contributed by atoms with Gasteiger partial charge in [-0.1, -0.05) is 30.3 Å². The minimum Gasteiger partial charge on any atom is -0.367 e. The van der Waals surface area contributed by atoms with Crippen LogP contribution in [0, 0.1) is 6.92 Å². The standard InChI is InChI=1S/C21H26F3N5O2.HI/c1-15-4-3-5-18(28-15)29-19(30)10-11-26-20(25-2)27-12-16-6-8-17(9-7-16)13-31-14-21(22,23)24;/h3-9H,10-14H2,1-2H3,(H2,25,26,27)(H,28,29,30);1H. The minimum atomic E-state index is -4.33. The number of nitrogens with one attached hydrogen (secondary N) is 3. The lowest BCUT2D eigenvalue weighted by atomic mass is 10.1. The highest BCUT2D eigenvalue weighted by molar-refractivity contribution is 14.0. The third-order valence-electron chi connectivity index (χ3n) is 4.04. The van der Waals surface area contributed by atoms with Crippen LogP contribution < -0.4 is 16.0 Å². The number of amides is 1. The molecule has 0 saturated carbocycles. The van der Waals surface area contributed by atoms with E-state index in [1.54, 1.807) is 37.4 Å². The number of alkyl halides is 3. The summed E-state index contributed by atoms with van der Waals surface area (Å²) >= 11 is 0. The summed E-state index contributed by atoms with van der Waals surface area (Å²) in [5, 5.41) is 8.90. The van der Waals surface area contributed by atoms with Crippen molar-refractivity contribution in [2.45, 2.75) is 32.7 Å². The Bertz CT molecular complexity index is 876. The lowest BCUT2D eigenvalue weighted by Crippen LogP contribution is -2.38. The fourth-order valence-corrected chi connectivity index (χ4v) is 2.56. The Labute approximate surface area is 202 Å². The Balaban J connectivity index is 0.00000512. The number of benzene rings is 1. The highest BCUT2D eigenvalue weighted by atomic mass is 127. The van der Waals surface area contributed by atoms with Gasteiger partial charge in [-0.2, -0.15) is 13.2 Å². The first-order valence-corrected chi connectivity index (χ1v) is 9.65. The van der Waals surface area contributed by atoms with Gasteiger partial charge in [0, 0.05) is 32.3 Å². The van der Waals surface area contributed by atoms with E-state index in [4.69, 9.17) is 0 Å². The van der Waals surface area contributed by atoms with Gasteiger partial charge in [0.2, 0.25) is 5.91 Å². The van der Waals surface area contributed by atoms with E-state index < -0.39 is 12.8 Å². The number of anilines is 1. The maximum Gasteiger partial charge on any atom is 0.411 e. The maximum absolute atomic E-state index is 12.1. The first-order valence-electron chi connectivity index (χ1n) is 9.65. The molecular weight excluding hydrogens is 538 g/mol. The summed E-state index contributed by atoms with van der Waals surface area (Å²) in [4.78, 5) is 20.3. The third kappa shape index (κ3) is 11.3. The van der Waals surface area contributed by atoms with Crippen LogP contribution in [-0.2, 0) is 22.7 Å². The van der Waals surface area contributed by atoms with E-state index in [9.17, 15) is 18.0 Å². The van der Waals surface area contributed by atoms with Gasteiger partial charge in [-0.15, -0.1) is 24.0 Å². The topological polar surface area (TPSA) is 87.6 Å². The summed E-state index contributed by atoms with van der Waals surface area (Å²) in [6.07, 6.45) is -4.09. The molecule has 1 amide bonds. The number of aryl methyl sites for hydroxylation is 1. The number of nitrogens with zero attached hydrogens (tertiary/aromatic N) is 2. The number of rotatable bonds is 9. The molecule has 0 radical (unpaired) electrons. The zero-order valence-corrected chi connectivity index (χ0v) is 20.2. The lowest BCUT2D eigenvalue weighted by molar-refractivity contribution is -0.176. The molecule has 176 valence electrons. The van der Waals surface area contributed by atoms with Gasteiger partial charge in [-0.3, -0.25) is 9.79 Å². The van der Waals surface area contributed by atoms with Gasteiger partial charge in [0.1, 0.15) is 12.4 Å². The maximum atomic E-state index is 12.1. The second-order valence-electron chi connectivity index (χ2n) is 6.74. The molecule has 0 saturated heterocycles. The van der Waals surface area contributed by atoms with E-state index in [0.717, 1.165) is 11.3 Å². The molecule has 0 bridgehead atoms. The average Bonchev–Trinajstić information content (AvgIpc) is 2.70. The Kier molecular flexibility index (Phi) is 12.0. The molecule has 1 heterocycles. The van der Waals surface area contributed by atoms with Gasteiger partial charge >= 0.3 is 6.18 Å². The van der Waals surface area contributed by atoms with Crippen molar-refractivity contribution in [3.05, 3.63) is 59.3 Å². The number of hydrogen-bond donors (Lipinski definition) is 3. The summed E-state index contributed by atoms with van der Waals surface area (Å²) in [6, 6.07) is 12.4. The molecule has 0 spiro atoms. The fourth-order valence-electron chi connectivity index (χ4n) is 2.56. The first kappa shape index (κ1) is 27.6. The molecule has 2 rings (SSSR count). The third-order valence-corrected chi connectivity index (χ3v) is 4.04. The molecule has 1 aromatic heterocycles. The summed E-state index contributed by atoms with van der Waals surface area (Å²) in [5.41, 5.74) is 2.40. The van der Waals surface area contributed by atoms with Crippen LogP contribution in [0.25, 0.3) is 0 Å². The molecule has 1 aromatic carbocycles. The largest absolute Gasteiger partial charge is 0.411 e. The predicted molar refractivity (Wildman–Crippen MR) is 128 cm³/mol. The van der Waals surface area contributed by atoms with Crippen molar-refractivity contribution >= 4 is 41.7 Å². The van der Waals surface area contributed by atoms with Crippen molar-refractivity contribution in [2.24, 2.45) is 4.99 Å². The number of carbonyl (C=O) groups excluding carboxylic acids is 1. The van der Waals surface area contributed by atoms with Gasteiger partial charge < -0.3 is 20.7 Å². The zero-order chi connectivity index (χ0) is 22.7. The Morgan fingerprint density at radius 2 is 1.78 bits per heavy atom. The van der Waals surface area contributed by atoms with Crippen LogP contribution in [0.1, 0.15) is 23.2 Å². The van der Waals surface area contributed by atoms with E-state index in [1.165, 1.54) is 0 Å². The van der Waals surface area contributed by atoms with Crippen molar-refractivity contribution in [1.29, 1.82) is 0 Å². The monoisotopic (exact) mass is 565 g/mol. The van der Waals surface area contributed by atoms with Gasteiger partial charge in [-0.05, 0) is 30.2 Å². The molecule has 0 fully saturated rings. The smallest absolute Gasteiger partial charge is 0.367 e. The lowest BCUT2D eigenvalue weighted by Gasteiger charge is -2.12. The number of carbonyl (C=O) groups is 1. The summed E-state index contributed by atoms with van der Waals surface area (Å²) in [6.45, 7) is 1.33. The fraction of sp³-hybridized carbons (Fsp3) is 0.381. The minimum absolute atomic E-state index is 0. The SMILES string of the molecule is CN=C(NCCC(=O)Nc1cccc(C)n1)NCc1ccc(COCC(F)(F)F)cc1.I. The summed E-state index contributed by atoms with van der Waals surface area (Å²) < 4.78 is 40.9. The van der Waals surface area contributed by atoms with Crippen LogP contribution in [0.15, 0.2) is 47.5 Å². The van der Waals surface area contributed by atoms with E-state index in [1.807, 2.05) is 19.1 Å². The zero-order valence-electron chi connectivity index (χ0n) is 17.8. The van der Waals surface area contributed by atoms with Crippen molar-refractivity contribution in [2.75, 3.05) is 25.5 Å². The molecule has 2 aromatic rings. The van der Waals surface area contributed by atoms with Gasteiger partial charge in [0.15, 0.2) is 5.96 Å². The molecule has 0 unspecified atom stereocenters. The van der Waals surface area contributed by atoms with Gasteiger partial charge in [0.25, 0.3) is 0 Å². The second-order valence-corrected chi connectivity index (χ2v) is 6.74. The highest BCUT2D eigenvalue weighted by Gasteiger charge is 2.27. The Morgan fingerprint density at radius 3 is 2.41 bits per heavy atom. The highest BCUT2D eigenvalue weighted by Crippen LogP contribution is 2.15. The number of guanidine groups is 1. The normalized spacial score (nSPS) is 11.5. The average molecular weight is 565 g/mol. The first-order chi connectivity index (χ1) is 14.7. The number of aromatic nitrogens is 1. The van der Waals surface area contributed by atoms with Crippen LogP contribution in [0.3, 0.4) is 0 Å². The second kappa shape index (κ2) is 13.9. The number of hydrogen-bond acceptors (Lipinski definition) is 4. The molecule has 0 aliphatic rings. The Morgan fingerprint density at radius 1 is 1.09 bits per heavy atom. The number of pyridine rings is 1. The van der Waals surface area contributed by atoms with Crippen molar-refractivity contribution in [3.8, 4) is 0 Å². The molecule has 0 aliphatic carbocycles. The summed E-state index contributed by atoms with van der Waals surface area (Å²) in [7, 11) is 1.62. The van der Waals surface area contributed by atoms with Crippen LogP contribution >= 0.6 is 24.0 Å². The predicted octanol–water partition coefficient (Wildman–Crippen LogP) is 3.78. The molecule has 32 heavy (non-hydrogen) atoms. The van der Waals surface area contributed by atoms with Crippen LogP contribution in [0.5, 0.6) is 0 Å². The van der Waals surface area contributed by atoms with Crippen molar-refractivity contribution < 1.29 is 22.7 Å². The van der Waals surface area contributed by atoms with Crippen molar-refractivity contribution in [3.63, 3.8) is 0 Å². The van der Waals surface area contributed by atoms with Crippen LogP contribution in [0.4, 0.5) is 19.0 Å². The summed E-state index contributed by atoms with van der Waals surface area (Å²) in [5.74, 6) is 0.878. The van der Waals surface area contributed by atoms with Crippen LogP contribution in [0.2, 0.25) is 0 Å². The van der Waals surface area contributed by atoms with E-state index >= 15 is 0 Å². The molecular formula is C21H27F3IN5O2. The molecule has 0 aliphatic heterocycles. The van der Waals surface area contributed by atoms with E-state index in [-0.39, 0.29) is 42.9 Å². The number of halogens is 4. The molecule has 7 nitrogen and oxygen atoms in total. The van der Waals surface area contributed by atoms with Crippen LogP contribution in [-0.4, -0.2) is 43.2 Å². The molecule has 0 atom stereocenters. The number of ether oxygens (including phenoxy) is 1. The molecule has 3 N–H and O–H groups in total. The van der Waals surface area contributed by atoms with E-state index in [0.29, 0.717) is 30.4 Å². The van der Waals surface area contributed by atoms with Crippen molar-refractivity contribution in [1.82, 2.24) is 15.6 Å². The molecule has 11 heteroatoms. The van der Waals surface area contributed by atoms with Gasteiger partial charge in [-0.25, -0.2) is 4.98 Å².